The zero-order valence-electron chi connectivity index (χ0n) is 19.7. The number of pyridine rings is 1. The summed E-state index contributed by atoms with van der Waals surface area (Å²) < 4.78 is 6.16. The minimum Gasteiger partial charge on any atom is -0.472 e. The summed E-state index contributed by atoms with van der Waals surface area (Å²) in [5, 5.41) is 19.1. The van der Waals surface area contributed by atoms with Gasteiger partial charge in [0.15, 0.2) is 0 Å². The van der Waals surface area contributed by atoms with Gasteiger partial charge in [0, 0.05) is 31.3 Å². The van der Waals surface area contributed by atoms with Crippen LogP contribution >= 0.6 is 0 Å². The van der Waals surface area contributed by atoms with Crippen LogP contribution in [0, 0.1) is 17.8 Å². The van der Waals surface area contributed by atoms with E-state index < -0.39 is 18.2 Å². The predicted octanol–water partition coefficient (Wildman–Crippen LogP) is 0.0540. The largest absolute Gasteiger partial charge is 0.472 e. The van der Waals surface area contributed by atoms with Gasteiger partial charge in [-0.05, 0) is 34.0 Å². The first-order valence-electron chi connectivity index (χ1n) is 10.7. The Labute approximate surface area is 190 Å². The van der Waals surface area contributed by atoms with E-state index in [1.807, 2.05) is 21.0 Å². The molecule has 1 aliphatic rings. The van der Waals surface area contributed by atoms with E-state index >= 15 is 0 Å². The van der Waals surface area contributed by atoms with Gasteiger partial charge in [0.05, 0.1) is 25.7 Å². The standard InChI is InChI=1S/C23H34N4O5/c1-15-11-27(16(2)14-28)23(31)19-9-18(8-7-17(3)29)10-24-22(19)32-20(15)12-26(6)21(30)13-25(4)5/h9-10,15-17,20,28-29H,11-14H2,1-6H3/t15-,16-,17+,20-/m0/s1. The summed E-state index contributed by atoms with van der Waals surface area (Å²) in [6, 6.07) is 1.18. The Hall–Kier alpha value is -2.67. The molecule has 0 aromatic carbocycles. The van der Waals surface area contributed by atoms with Gasteiger partial charge in [-0.1, -0.05) is 18.8 Å². The van der Waals surface area contributed by atoms with E-state index in [0.29, 0.717) is 18.7 Å². The summed E-state index contributed by atoms with van der Waals surface area (Å²) in [5.41, 5.74) is 0.712. The molecule has 0 spiro atoms. The number of aliphatic hydroxyl groups is 2. The number of ether oxygens (including phenoxy) is 1. The van der Waals surface area contributed by atoms with E-state index in [1.165, 1.54) is 6.20 Å². The normalized spacial score (nSPS) is 20.3. The average Bonchev–Trinajstić information content (AvgIpc) is 2.73. The van der Waals surface area contributed by atoms with Crippen LogP contribution < -0.4 is 4.74 Å². The van der Waals surface area contributed by atoms with Crippen molar-refractivity contribution in [2.75, 3.05) is 47.4 Å². The first-order valence-corrected chi connectivity index (χ1v) is 10.7. The maximum atomic E-state index is 13.3. The first-order chi connectivity index (χ1) is 15.0. The quantitative estimate of drug-likeness (QED) is 0.595. The van der Waals surface area contributed by atoms with Crippen molar-refractivity contribution in [3.05, 3.63) is 23.4 Å². The SMILES string of the molecule is C[C@@H](O)C#Cc1cnc2c(c1)C(=O)N([C@@H](C)CO)C[C@H](C)[C@H](CN(C)C(=O)CN(C)C)O2. The van der Waals surface area contributed by atoms with E-state index in [1.54, 1.807) is 41.7 Å². The first kappa shape index (κ1) is 25.6. The van der Waals surface area contributed by atoms with Gasteiger partial charge in [-0.15, -0.1) is 0 Å². The molecule has 9 nitrogen and oxygen atoms in total. The fourth-order valence-electron chi connectivity index (χ4n) is 3.34. The van der Waals surface area contributed by atoms with Crippen molar-refractivity contribution in [3.63, 3.8) is 0 Å². The maximum Gasteiger partial charge on any atom is 0.259 e. The lowest BCUT2D eigenvalue weighted by atomic mass is 10.00. The number of carbonyl (C=O) groups excluding carboxylic acids is 2. The lowest BCUT2D eigenvalue weighted by Crippen LogP contribution is -2.51. The van der Waals surface area contributed by atoms with Crippen molar-refractivity contribution >= 4 is 11.8 Å². The molecule has 1 aliphatic heterocycles. The molecule has 1 aromatic heterocycles. The third-order valence-corrected chi connectivity index (χ3v) is 5.28. The summed E-state index contributed by atoms with van der Waals surface area (Å²) in [7, 11) is 5.39. The molecule has 0 fully saturated rings. The van der Waals surface area contributed by atoms with Gasteiger partial charge in [-0.2, -0.15) is 0 Å². The Bertz CT molecular complexity index is 877. The Morgan fingerprint density at radius 1 is 1.38 bits per heavy atom. The zero-order chi connectivity index (χ0) is 24.0. The molecular formula is C23H34N4O5. The number of aliphatic hydroxyl groups excluding tert-OH is 2. The van der Waals surface area contributed by atoms with Crippen LogP contribution in [0.1, 0.15) is 36.7 Å². The molecule has 32 heavy (non-hydrogen) atoms. The predicted molar refractivity (Wildman–Crippen MR) is 120 cm³/mol. The van der Waals surface area contributed by atoms with Crippen molar-refractivity contribution in [2.24, 2.45) is 5.92 Å². The van der Waals surface area contributed by atoms with E-state index in [0.717, 1.165) is 0 Å². The van der Waals surface area contributed by atoms with Crippen LogP contribution in [0.2, 0.25) is 0 Å². The molecule has 0 saturated heterocycles. The minimum atomic E-state index is -0.810. The molecule has 9 heteroatoms. The number of rotatable bonds is 6. The van der Waals surface area contributed by atoms with E-state index in [9.17, 15) is 19.8 Å². The lowest BCUT2D eigenvalue weighted by molar-refractivity contribution is -0.132. The fraction of sp³-hybridized carbons (Fsp3) is 0.609. The molecule has 0 bridgehead atoms. The van der Waals surface area contributed by atoms with Gasteiger partial charge >= 0.3 is 0 Å². The summed E-state index contributed by atoms with van der Waals surface area (Å²) in [6.45, 7) is 6.05. The van der Waals surface area contributed by atoms with Gasteiger partial charge < -0.3 is 29.6 Å². The second-order valence-corrected chi connectivity index (χ2v) is 8.66. The van der Waals surface area contributed by atoms with Crippen LogP contribution in [0.25, 0.3) is 0 Å². The second kappa shape index (κ2) is 11.3. The molecule has 2 rings (SSSR count). The number of likely N-dealkylation sites (N-methyl/N-ethyl adjacent to an activating group) is 2. The molecule has 0 unspecified atom stereocenters. The van der Waals surface area contributed by atoms with Crippen LogP contribution in [0.3, 0.4) is 0 Å². The number of aromatic nitrogens is 1. The number of carbonyl (C=O) groups is 2. The number of hydrogen-bond donors (Lipinski definition) is 2. The Morgan fingerprint density at radius 2 is 2.06 bits per heavy atom. The van der Waals surface area contributed by atoms with Crippen LogP contribution in [0.15, 0.2) is 12.3 Å². The smallest absolute Gasteiger partial charge is 0.259 e. The molecule has 0 aliphatic carbocycles. The summed E-state index contributed by atoms with van der Waals surface area (Å²) in [4.78, 5) is 35.1. The van der Waals surface area contributed by atoms with E-state index in [2.05, 4.69) is 16.8 Å². The van der Waals surface area contributed by atoms with Gasteiger partial charge in [-0.3, -0.25) is 9.59 Å². The second-order valence-electron chi connectivity index (χ2n) is 8.66. The molecular weight excluding hydrogens is 412 g/mol. The fourth-order valence-corrected chi connectivity index (χ4v) is 3.34. The van der Waals surface area contributed by atoms with Gasteiger partial charge in [0.25, 0.3) is 5.91 Å². The number of fused-ring (bicyclic) bond motifs is 1. The van der Waals surface area contributed by atoms with Crippen molar-refractivity contribution in [2.45, 2.75) is 39.0 Å². The van der Waals surface area contributed by atoms with Crippen molar-refractivity contribution in [1.29, 1.82) is 0 Å². The highest BCUT2D eigenvalue weighted by molar-refractivity contribution is 5.97. The molecule has 2 heterocycles. The van der Waals surface area contributed by atoms with Crippen LogP contribution in [0.4, 0.5) is 0 Å². The molecule has 4 atom stereocenters. The van der Waals surface area contributed by atoms with Crippen LogP contribution in [-0.2, 0) is 4.79 Å². The highest BCUT2D eigenvalue weighted by atomic mass is 16.5. The molecule has 1 aromatic rings. The molecule has 0 saturated carbocycles. The zero-order valence-corrected chi connectivity index (χ0v) is 19.7. The summed E-state index contributed by atoms with van der Waals surface area (Å²) in [6.07, 6.45) is 0.273. The van der Waals surface area contributed by atoms with Crippen LogP contribution in [0.5, 0.6) is 5.88 Å². The molecule has 0 radical (unpaired) electrons. The molecule has 176 valence electrons. The van der Waals surface area contributed by atoms with Crippen molar-refractivity contribution in [3.8, 4) is 17.7 Å². The number of nitrogens with zero attached hydrogens (tertiary/aromatic N) is 4. The Morgan fingerprint density at radius 3 is 2.66 bits per heavy atom. The highest BCUT2D eigenvalue weighted by Crippen LogP contribution is 2.27. The lowest BCUT2D eigenvalue weighted by Gasteiger charge is -2.37. The Kier molecular flexibility index (Phi) is 9.01. The Balaban J connectivity index is 2.42. The van der Waals surface area contributed by atoms with E-state index in [-0.39, 0.29) is 42.3 Å². The number of hydrogen-bond acceptors (Lipinski definition) is 7. The van der Waals surface area contributed by atoms with Crippen molar-refractivity contribution < 1.29 is 24.5 Å². The summed E-state index contributed by atoms with van der Waals surface area (Å²) >= 11 is 0. The minimum absolute atomic E-state index is 0.0403. The van der Waals surface area contributed by atoms with Gasteiger partial charge in [0.1, 0.15) is 17.8 Å². The maximum absolute atomic E-state index is 13.3. The number of amides is 2. The van der Waals surface area contributed by atoms with Crippen LogP contribution in [-0.4, -0.2) is 107 Å². The van der Waals surface area contributed by atoms with Gasteiger partial charge in [-0.25, -0.2) is 4.98 Å². The topological polar surface area (TPSA) is 106 Å². The van der Waals surface area contributed by atoms with E-state index in [4.69, 9.17) is 4.74 Å². The monoisotopic (exact) mass is 446 g/mol. The third kappa shape index (κ3) is 6.66. The summed E-state index contributed by atoms with van der Waals surface area (Å²) in [5.74, 6) is 5.13. The average molecular weight is 447 g/mol. The third-order valence-electron chi connectivity index (χ3n) is 5.28. The highest BCUT2D eigenvalue weighted by Gasteiger charge is 2.34. The van der Waals surface area contributed by atoms with Crippen molar-refractivity contribution in [1.82, 2.24) is 19.7 Å². The molecule has 2 amide bonds. The van der Waals surface area contributed by atoms with Gasteiger partial charge in [0.2, 0.25) is 11.8 Å². The molecule has 2 N–H and O–H groups in total.